The molecule has 2 heteroatoms. The molecular formula is C61H110N2. The number of hydrogen-bond donors (Lipinski definition) is 1. The van der Waals surface area contributed by atoms with Crippen LogP contribution in [0.3, 0.4) is 0 Å². The van der Waals surface area contributed by atoms with Gasteiger partial charge in [-0.3, -0.25) is 0 Å². The number of rotatable bonds is 32. The molecule has 0 amide bonds. The van der Waals surface area contributed by atoms with Gasteiger partial charge >= 0.3 is 0 Å². The summed E-state index contributed by atoms with van der Waals surface area (Å²) in [6.45, 7) is 23.8. The lowest BCUT2D eigenvalue weighted by Gasteiger charge is -2.63. The van der Waals surface area contributed by atoms with Gasteiger partial charge in [0.2, 0.25) is 0 Å². The minimum absolute atomic E-state index is 0.00377. The Kier molecular flexibility index (Phi) is 23.5. The van der Waals surface area contributed by atoms with Crippen molar-refractivity contribution in [2.24, 2.45) is 58.0 Å². The molecule has 5 aliphatic rings. The molecule has 0 aromatic rings. The van der Waals surface area contributed by atoms with E-state index in [1.165, 1.54) is 244 Å². The van der Waals surface area contributed by atoms with Crippen LogP contribution >= 0.6 is 0 Å². The van der Waals surface area contributed by atoms with Crippen molar-refractivity contribution >= 4 is 0 Å². The largest absolute Gasteiger partial charge is 0.324 e. The second kappa shape index (κ2) is 27.8. The molecule has 4 fully saturated rings. The molecule has 0 aromatic heterocycles. The highest BCUT2D eigenvalue weighted by Gasteiger charge is 2.64. The summed E-state index contributed by atoms with van der Waals surface area (Å²) in [4.78, 5) is 2.83. The fraction of sp³-hybridized carbons (Fsp3) is 0.902. The molecule has 364 valence electrons. The molecule has 9 atom stereocenters. The maximum Gasteiger partial charge on any atom is 0.0260 e. The zero-order valence-corrected chi connectivity index (χ0v) is 43.6. The number of nitrogens with zero attached hydrogens (tertiary/aromatic N) is 1. The highest BCUT2D eigenvalue weighted by Crippen LogP contribution is 2.68. The molecule has 0 aromatic carbocycles. The zero-order valence-electron chi connectivity index (χ0n) is 43.6. The number of unbranched alkanes of at least 4 members (excludes halogenated alkanes) is 15. The Morgan fingerprint density at radius 1 is 0.714 bits per heavy atom. The van der Waals surface area contributed by atoms with E-state index in [2.05, 4.69) is 64.7 Å². The van der Waals surface area contributed by atoms with Gasteiger partial charge < -0.3 is 10.6 Å². The van der Waals surface area contributed by atoms with Gasteiger partial charge in [0.15, 0.2) is 0 Å². The van der Waals surface area contributed by atoms with Crippen LogP contribution in [0.4, 0.5) is 0 Å². The summed E-state index contributed by atoms with van der Waals surface area (Å²) in [5.74, 6) is 5.62. The Bertz CT molecular complexity index is 1320. The van der Waals surface area contributed by atoms with Crippen molar-refractivity contribution in [3.05, 3.63) is 36.0 Å². The maximum atomic E-state index is 7.81. The number of piperidine rings is 1. The Labute approximate surface area is 395 Å². The van der Waals surface area contributed by atoms with E-state index in [9.17, 15) is 0 Å². The van der Waals surface area contributed by atoms with Crippen molar-refractivity contribution in [2.75, 3.05) is 19.6 Å². The fourth-order valence-corrected chi connectivity index (χ4v) is 15.3. The molecule has 63 heavy (non-hydrogen) atoms. The smallest absolute Gasteiger partial charge is 0.0260 e. The summed E-state index contributed by atoms with van der Waals surface area (Å²) in [5, 5.41) is 0. The first-order valence-electron chi connectivity index (χ1n) is 29.0. The van der Waals surface area contributed by atoms with Crippen LogP contribution < -0.4 is 5.73 Å². The van der Waals surface area contributed by atoms with E-state index in [0.29, 0.717) is 22.7 Å². The number of nitrogens with two attached hydrogens (primary N) is 1. The van der Waals surface area contributed by atoms with Gasteiger partial charge in [-0.2, -0.15) is 0 Å². The van der Waals surface area contributed by atoms with E-state index in [1.807, 2.05) is 0 Å². The minimum atomic E-state index is 0.00377. The van der Waals surface area contributed by atoms with E-state index in [1.54, 1.807) is 11.1 Å². The van der Waals surface area contributed by atoms with E-state index >= 15 is 0 Å². The van der Waals surface area contributed by atoms with Gasteiger partial charge in [-0.1, -0.05) is 187 Å². The number of hydrogen-bond acceptors (Lipinski definition) is 2. The quantitative estimate of drug-likeness (QED) is 0.0539. The first-order chi connectivity index (χ1) is 30.5. The highest BCUT2D eigenvalue weighted by atomic mass is 15.1. The monoisotopic (exact) mass is 871 g/mol. The van der Waals surface area contributed by atoms with Crippen LogP contribution in [0.1, 0.15) is 273 Å². The molecule has 1 heterocycles. The molecule has 7 unspecified atom stereocenters. The van der Waals surface area contributed by atoms with Gasteiger partial charge in [0.25, 0.3) is 0 Å². The number of likely N-dealkylation sites (tertiary alicyclic amines) is 1. The number of fused-ring (bicyclic) bond motifs is 5. The molecule has 1 aliphatic heterocycles. The molecular weight excluding hydrogens is 761 g/mol. The first-order valence-corrected chi connectivity index (χ1v) is 29.0. The summed E-state index contributed by atoms with van der Waals surface area (Å²) in [6.07, 6.45) is 57.7. The Morgan fingerprint density at radius 2 is 1.35 bits per heavy atom. The van der Waals surface area contributed by atoms with Gasteiger partial charge in [-0.05, 0) is 187 Å². The van der Waals surface area contributed by atoms with Gasteiger partial charge in [-0.15, -0.1) is 0 Å². The first kappa shape index (κ1) is 53.1. The third-order valence-electron chi connectivity index (χ3n) is 19.2. The van der Waals surface area contributed by atoms with E-state index in [0.717, 1.165) is 36.0 Å². The lowest BCUT2D eigenvalue weighted by atomic mass is 9.43. The lowest BCUT2D eigenvalue weighted by Crippen LogP contribution is -2.66. The third kappa shape index (κ3) is 16.1. The molecule has 3 saturated carbocycles. The molecule has 5 rings (SSSR count). The van der Waals surface area contributed by atoms with E-state index in [4.69, 9.17) is 12.3 Å². The van der Waals surface area contributed by atoms with Crippen LogP contribution in [0.25, 0.3) is 0 Å². The van der Waals surface area contributed by atoms with E-state index < -0.39 is 0 Å². The Morgan fingerprint density at radius 3 is 2.02 bits per heavy atom. The topological polar surface area (TPSA) is 29.3 Å². The van der Waals surface area contributed by atoms with Crippen molar-refractivity contribution < 1.29 is 0 Å². The van der Waals surface area contributed by atoms with Crippen LogP contribution in [0.15, 0.2) is 36.0 Å². The van der Waals surface area contributed by atoms with Crippen molar-refractivity contribution in [3.8, 4) is 0 Å². The van der Waals surface area contributed by atoms with Gasteiger partial charge in [0, 0.05) is 12.1 Å². The average Bonchev–Trinajstić information content (AvgIpc) is 3.63. The fourth-order valence-electron chi connectivity index (χ4n) is 15.3. The molecule has 0 bridgehead atoms. The van der Waals surface area contributed by atoms with Crippen LogP contribution in [0.2, 0.25) is 0 Å². The second-order valence-corrected chi connectivity index (χ2v) is 24.6. The predicted molar refractivity (Wildman–Crippen MR) is 279 cm³/mol. The summed E-state index contributed by atoms with van der Waals surface area (Å²) < 4.78 is 0. The molecule has 0 radical (unpaired) electrons. The SMILES string of the molecule is C=C(CCCCC(CCCCCCCCCC/C=C\CCCCCCCC)CN1CCCCC1)CC1CCC2(C)C(=CCC3(N)[C@@H]2CCC2(C)C(C(C)CCCC(C)C)CC[C@H]23)C1. The van der Waals surface area contributed by atoms with E-state index in [-0.39, 0.29) is 5.54 Å². The maximum absolute atomic E-state index is 7.81. The summed E-state index contributed by atoms with van der Waals surface area (Å²) in [7, 11) is 0. The van der Waals surface area contributed by atoms with Gasteiger partial charge in [-0.25, -0.2) is 0 Å². The Hall–Kier alpha value is -0.860. The highest BCUT2D eigenvalue weighted by molar-refractivity contribution is 5.30. The van der Waals surface area contributed by atoms with Crippen molar-refractivity contribution in [2.45, 2.75) is 278 Å². The summed E-state index contributed by atoms with van der Waals surface area (Å²) in [5.41, 5.74) is 11.9. The number of allylic oxidation sites excluding steroid dienone is 4. The normalized spacial score (nSPS) is 30.9. The minimum Gasteiger partial charge on any atom is -0.324 e. The zero-order chi connectivity index (χ0) is 45.0. The molecule has 2 N–H and O–H groups in total. The summed E-state index contributed by atoms with van der Waals surface area (Å²) >= 11 is 0. The molecule has 1 saturated heterocycles. The van der Waals surface area contributed by atoms with Crippen LogP contribution in [0, 0.1) is 52.3 Å². The third-order valence-corrected chi connectivity index (χ3v) is 19.2. The Balaban J connectivity index is 0.961. The second-order valence-electron chi connectivity index (χ2n) is 24.6. The molecule has 2 nitrogen and oxygen atoms in total. The van der Waals surface area contributed by atoms with Crippen molar-refractivity contribution in [3.63, 3.8) is 0 Å². The van der Waals surface area contributed by atoms with Crippen LogP contribution in [-0.2, 0) is 0 Å². The predicted octanol–water partition coefficient (Wildman–Crippen LogP) is 18.5. The molecule has 0 spiro atoms. The van der Waals surface area contributed by atoms with Gasteiger partial charge in [0.05, 0.1) is 0 Å². The molecule has 4 aliphatic carbocycles. The van der Waals surface area contributed by atoms with Crippen LogP contribution in [0.5, 0.6) is 0 Å². The van der Waals surface area contributed by atoms with Crippen LogP contribution in [-0.4, -0.2) is 30.1 Å². The average molecular weight is 872 g/mol. The van der Waals surface area contributed by atoms with Gasteiger partial charge in [0.1, 0.15) is 0 Å². The summed E-state index contributed by atoms with van der Waals surface area (Å²) in [6, 6.07) is 0. The van der Waals surface area contributed by atoms with Crippen molar-refractivity contribution in [1.82, 2.24) is 4.90 Å². The standard InChI is InChI=1S/C61H110N2/c1-8-9-10-11-12-13-14-15-16-17-18-19-20-21-22-23-24-26-35-53(49-63-45-29-25-30-46-63)36-28-27-33-51(4)47-54-39-42-59(6)55(48-54)40-44-61(62)57-38-37-56(52(5)34-31-32-50(2)3)60(57,7)43-41-58(59)61/h15-16,40,50,52-54,56-58H,4,8-14,17-39,41-49,62H2,1-3,5-7H3/b16-15-/t52?,53?,54?,56?,57-,58-,59?,60?,61?/m1/s1. The van der Waals surface area contributed by atoms with Crippen molar-refractivity contribution in [1.29, 1.82) is 0 Å². The lowest BCUT2D eigenvalue weighted by molar-refractivity contribution is -0.0700.